The van der Waals surface area contributed by atoms with Gasteiger partial charge >= 0.3 is 0 Å². The first-order valence-electron chi connectivity index (χ1n) is 9.16. The summed E-state index contributed by atoms with van der Waals surface area (Å²) < 4.78 is 0. The maximum atomic E-state index is 12.6. The molecule has 3 aromatic rings. The Hall–Kier alpha value is -1.95. The summed E-state index contributed by atoms with van der Waals surface area (Å²) in [6.07, 6.45) is 4.58. The Kier molecular flexibility index (Phi) is 5.41. The highest BCUT2D eigenvalue weighted by Gasteiger charge is 2.24. The highest BCUT2D eigenvalue weighted by atomic mass is 32.2. The SMILES string of the molecule is Cc1sc2ncnc(SCC(=O)Nc3sc4c(c3C#N)CC[C@@H](C)C4)c2c1C. The standard InChI is InChI=1S/C20H20N4OS3/c1-10-4-5-13-14(7-21)18(28-15(13)6-10)24-16(25)8-26-19-17-11(2)12(3)27-20(17)23-9-22-19/h9-10H,4-6,8H2,1-3H3,(H,24,25)/t10-/m1/s1. The first-order valence-corrected chi connectivity index (χ1v) is 11.8. The van der Waals surface area contributed by atoms with Crippen LogP contribution in [0, 0.1) is 31.1 Å². The molecule has 0 aliphatic heterocycles. The van der Waals surface area contributed by atoms with Gasteiger partial charge in [-0.25, -0.2) is 9.97 Å². The highest BCUT2D eigenvalue weighted by molar-refractivity contribution is 8.00. The molecule has 0 bridgehead atoms. The van der Waals surface area contributed by atoms with Gasteiger partial charge in [0.25, 0.3) is 0 Å². The van der Waals surface area contributed by atoms with Crippen molar-refractivity contribution < 1.29 is 4.79 Å². The van der Waals surface area contributed by atoms with E-state index >= 15 is 0 Å². The molecule has 5 nitrogen and oxygen atoms in total. The van der Waals surface area contributed by atoms with Crippen LogP contribution in [0.1, 0.15) is 39.8 Å². The molecule has 1 N–H and O–H groups in total. The Morgan fingerprint density at radius 3 is 3.00 bits per heavy atom. The molecular formula is C20H20N4OS3. The number of carbonyl (C=O) groups is 1. The van der Waals surface area contributed by atoms with Crippen molar-refractivity contribution in [3.8, 4) is 6.07 Å². The van der Waals surface area contributed by atoms with Gasteiger partial charge in [-0.2, -0.15) is 5.26 Å². The second-order valence-corrected chi connectivity index (χ2v) is 10.4. The predicted octanol–water partition coefficient (Wildman–Crippen LogP) is 5.10. The number of amides is 1. The second-order valence-electron chi connectivity index (χ2n) is 7.15. The van der Waals surface area contributed by atoms with Gasteiger partial charge in [0.05, 0.1) is 11.3 Å². The van der Waals surface area contributed by atoms with Crippen LogP contribution in [0.25, 0.3) is 10.2 Å². The van der Waals surface area contributed by atoms with Crippen LogP contribution in [0.2, 0.25) is 0 Å². The number of hydrogen-bond donors (Lipinski definition) is 1. The van der Waals surface area contributed by atoms with Gasteiger partial charge in [-0.1, -0.05) is 18.7 Å². The van der Waals surface area contributed by atoms with Crippen LogP contribution in [-0.2, 0) is 17.6 Å². The zero-order valence-electron chi connectivity index (χ0n) is 16.0. The van der Waals surface area contributed by atoms with Crippen molar-refractivity contribution in [1.29, 1.82) is 5.26 Å². The minimum Gasteiger partial charge on any atom is -0.316 e. The summed E-state index contributed by atoms with van der Waals surface area (Å²) >= 11 is 4.63. The fraction of sp³-hybridized carbons (Fsp3) is 0.400. The summed E-state index contributed by atoms with van der Waals surface area (Å²) in [5.41, 5.74) is 2.96. The molecule has 0 saturated heterocycles. The van der Waals surface area contributed by atoms with E-state index in [0.717, 1.165) is 40.1 Å². The summed E-state index contributed by atoms with van der Waals surface area (Å²) in [4.78, 5) is 24.7. The Morgan fingerprint density at radius 1 is 1.39 bits per heavy atom. The van der Waals surface area contributed by atoms with Crippen molar-refractivity contribution in [3.05, 3.63) is 32.8 Å². The summed E-state index contributed by atoms with van der Waals surface area (Å²) in [6, 6.07) is 2.30. The van der Waals surface area contributed by atoms with Gasteiger partial charge in [-0.3, -0.25) is 4.79 Å². The van der Waals surface area contributed by atoms with Crippen LogP contribution in [0.4, 0.5) is 5.00 Å². The van der Waals surface area contributed by atoms with Crippen molar-refractivity contribution in [3.63, 3.8) is 0 Å². The number of thiophene rings is 2. The third kappa shape index (κ3) is 3.54. The monoisotopic (exact) mass is 428 g/mol. The Balaban J connectivity index is 1.50. The fourth-order valence-electron chi connectivity index (χ4n) is 3.51. The highest BCUT2D eigenvalue weighted by Crippen LogP contribution is 2.39. The molecule has 1 aliphatic carbocycles. The number of anilines is 1. The topological polar surface area (TPSA) is 78.7 Å². The molecule has 0 spiro atoms. The third-order valence-electron chi connectivity index (χ3n) is 5.15. The molecule has 144 valence electrons. The molecule has 4 rings (SSSR count). The zero-order chi connectivity index (χ0) is 19.8. The predicted molar refractivity (Wildman–Crippen MR) is 116 cm³/mol. The molecule has 0 radical (unpaired) electrons. The van der Waals surface area contributed by atoms with Crippen molar-refractivity contribution in [2.75, 3.05) is 11.1 Å². The average Bonchev–Trinajstić information content (AvgIpc) is 3.16. The van der Waals surface area contributed by atoms with Gasteiger partial charge < -0.3 is 5.32 Å². The molecule has 3 heterocycles. The lowest BCUT2D eigenvalue weighted by Crippen LogP contribution is -2.14. The summed E-state index contributed by atoms with van der Waals surface area (Å²) in [7, 11) is 0. The van der Waals surface area contributed by atoms with E-state index in [9.17, 15) is 10.1 Å². The van der Waals surface area contributed by atoms with E-state index in [1.165, 1.54) is 27.1 Å². The van der Waals surface area contributed by atoms with Crippen LogP contribution >= 0.6 is 34.4 Å². The maximum absolute atomic E-state index is 12.6. The molecule has 1 atom stereocenters. The Labute approximate surface area is 176 Å². The number of nitrogens with one attached hydrogen (secondary N) is 1. The number of aryl methyl sites for hydroxylation is 2. The van der Waals surface area contributed by atoms with Crippen molar-refractivity contribution in [1.82, 2.24) is 9.97 Å². The lowest BCUT2D eigenvalue weighted by molar-refractivity contribution is -0.113. The molecule has 1 aliphatic rings. The number of fused-ring (bicyclic) bond motifs is 2. The van der Waals surface area contributed by atoms with Crippen LogP contribution in [0.5, 0.6) is 0 Å². The van der Waals surface area contributed by atoms with Crippen molar-refractivity contribution in [2.24, 2.45) is 5.92 Å². The summed E-state index contributed by atoms with van der Waals surface area (Å²) in [5.74, 6) is 0.781. The number of thioether (sulfide) groups is 1. The van der Waals surface area contributed by atoms with E-state index in [-0.39, 0.29) is 11.7 Å². The molecule has 0 aromatic carbocycles. The lowest BCUT2D eigenvalue weighted by atomic mass is 9.89. The number of carbonyl (C=O) groups excluding carboxylic acids is 1. The van der Waals surface area contributed by atoms with Crippen LogP contribution < -0.4 is 5.32 Å². The average molecular weight is 429 g/mol. The van der Waals surface area contributed by atoms with E-state index in [2.05, 4.69) is 42.1 Å². The van der Waals surface area contributed by atoms with E-state index in [0.29, 0.717) is 16.5 Å². The van der Waals surface area contributed by atoms with Crippen LogP contribution in [0.3, 0.4) is 0 Å². The smallest absolute Gasteiger partial charge is 0.235 e. The van der Waals surface area contributed by atoms with Crippen molar-refractivity contribution >= 4 is 55.6 Å². The van der Waals surface area contributed by atoms with Gasteiger partial charge in [0, 0.05) is 15.1 Å². The van der Waals surface area contributed by atoms with E-state index < -0.39 is 0 Å². The van der Waals surface area contributed by atoms with E-state index in [4.69, 9.17) is 0 Å². The molecule has 1 amide bonds. The summed E-state index contributed by atoms with van der Waals surface area (Å²) in [5, 5.41) is 15.1. The number of nitrogens with zero attached hydrogens (tertiary/aromatic N) is 3. The molecular weight excluding hydrogens is 408 g/mol. The van der Waals surface area contributed by atoms with Gasteiger partial charge in [-0.05, 0) is 50.2 Å². The molecule has 0 saturated carbocycles. The summed E-state index contributed by atoms with van der Waals surface area (Å²) in [6.45, 7) is 6.38. The number of nitriles is 1. The van der Waals surface area contributed by atoms with Gasteiger partial charge in [0.15, 0.2) is 0 Å². The maximum Gasteiger partial charge on any atom is 0.235 e. The molecule has 0 unspecified atom stereocenters. The van der Waals surface area contributed by atoms with Crippen LogP contribution in [-0.4, -0.2) is 21.6 Å². The van der Waals surface area contributed by atoms with Gasteiger partial charge in [0.2, 0.25) is 5.91 Å². The lowest BCUT2D eigenvalue weighted by Gasteiger charge is -2.17. The largest absolute Gasteiger partial charge is 0.316 e. The fourth-order valence-corrected chi connectivity index (χ4v) is 6.81. The third-order valence-corrected chi connectivity index (χ3v) is 8.42. The quantitative estimate of drug-likeness (QED) is 0.462. The van der Waals surface area contributed by atoms with Crippen molar-refractivity contribution in [2.45, 2.75) is 45.1 Å². The van der Waals surface area contributed by atoms with Gasteiger partial charge in [0.1, 0.15) is 27.3 Å². The second kappa shape index (κ2) is 7.82. The molecule has 28 heavy (non-hydrogen) atoms. The van der Waals surface area contributed by atoms with Crippen LogP contribution in [0.15, 0.2) is 11.4 Å². The number of hydrogen-bond acceptors (Lipinski definition) is 7. The van der Waals surface area contributed by atoms with E-state index in [1.54, 1.807) is 29.0 Å². The minimum absolute atomic E-state index is 0.107. The molecule has 3 aromatic heterocycles. The number of aromatic nitrogens is 2. The molecule has 0 fully saturated rings. The minimum atomic E-state index is -0.107. The van der Waals surface area contributed by atoms with Gasteiger partial charge in [-0.15, -0.1) is 22.7 Å². The normalized spacial score (nSPS) is 16.0. The first kappa shape index (κ1) is 19.4. The Morgan fingerprint density at radius 2 is 2.21 bits per heavy atom. The zero-order valence-corrected chi connectivity index (χ0v) is 18.4. The Bertz CT molecular complexity index is 1110. The molecule has 8 heteroatoms. The van der Waals surface area contributed by atoms with E-state index in [1.807, 2.05) is 0 Å². The first-order chi connectivity index (χ1) is 13.5. The number of rotatable bonds is 4.